The summed E-state index contributed by atoms with van der Waals surface area (Å²) in [6.45, 7) is 1.69. The minimum Gasteiger partial charge on any atom is -0.330 e. The summed E-state index contributed by atoms with van der Waals surface area (Å²) in [4.78, 5) is 25.2. The van der Waals surface area contributed by atoms with E-state index in [0.29, 0.717) is 25.3 Å². The van der Waals surface area contributed by atoms with Crippen LogP contribution in [0.5, 0.6) is 0 Å². The van der Waals surface area contributed by atoms with Crippen LogP contribution < -0.4 is 0 Å². The van der Waals surface area contributed by atoms with E-state index in [1.54, 1.807) is 35.5 Å². The van der Waals surface area contributed by atoms with Crippen molar-refractivity contribution in [1.29, 1.82) is 0 Å². The van der Waals surface area contributed by atoms with E-state index in [-0.39, 0.29) is 29.5 Å². The number of aromatic nitrogens is 2. The molecule has 0 saturated carbocycles. The van der Waals surface area contributed by atoms with Gasteiger partial charge in [-0.3, -0.25) is 19.7 Å². The highest BCUT2D eigenvalue weighted by molar-refractivity contribution is 7.91. The number of sulfone groups is 1. The SMILES string of the molecule is O=C(c1ccccn1)N1CCN(Cc2ccccn2)C2CS(=O)(=O)CC21. The van der Waals surface area contributed by atoms with Crippen molar-refractivity contribution in [3.8, 4) is 0 Å². The van der Waals surface area contributed by atoms with E-state index in [1.807, 2.05) is 18.2 Å². The molecule has 2 aromatic heterocycles. The summed E-state index contributed by atoms with van der Waals surface area (Å²) in [6.07, 6.45) is 3.31. The van der Waals surface area contributed by atoms with E-state index in [2.05, 4.69) is 14.9 Å². The summed E-state index contributed by atoms with van der Waals surface area (Å²) in [6, 6.07) is 10.4. The van der Waals surface area contributed by atoms with Crippen LogP contribution in [-0.4, -0.2) is 70.8 Å². The third kappa shape index (κ3) is 3.34. The first-order valence-electron chi connectivity index (χ1n) is 8.60. The molecule has 136 valence electrons. The lowest BCUT2D eigenvalue weighted by molar-refractivity contribution is 0.0298. The normalized spacial score (nSPS) is 25.0. The van der Waals surface area contributed by atoms with E-state index in [0.717, 1.165) is 5.69 Å². The first kappa shape index (κ1) is 17.1. The lowest BCUT2D eigenvalue weighted by atomic mass is 10.0. The fraction of sp³-hybridized carbons (Fsp3) is 0.389. The van der Waals surface area contributed by atoms with E-state index >= 15 is 0 Å². The molecule has 0 N–H and O–H groups in total. The van der Waals surface area contributed by atoms with E-state index in [9.17, 15) is 13.2 Å². The molecule has 2 atom stereocenters. The highest BCUT2D eigenvalue weighted by Crippen LogP contribution is 2.28. The van der Waals surface area contributed by atoms with Crippen molar-refractivity contribution < 1.29 is 13.2 Å². The predicted octanol–water partition coefficient (Wildman–Crippen LogP) is 0.600. The number of pyridine rings is 2. The highest BCUT2D eigenvalue weighted by atomic mass is 32.2. The van der Waals surface area contributed by atoms with Crippen molar-refractivity contribution >= 4 is 15.7 Å². The van der Waals surface area contributed by atoms with Crippen molar-refractivity contribution in [3.63, 3.8) is 0 Å². The molecule has 2 fully saturated rings. The summed E-state index contributed by atoms with van der Waals surface area (Å²) in [5.41, 5.74) is 1.26. The molecule has 0 radical (unpaired) electrons. The van der Waals surface area contributed by atoms with Crippen molar-refractivity contribution in [3.05, 3.63) is 60.2 Å². The lowest BCUT2D eigenvalue weighted by Crippen LogP contribution is -2.60. The van der Waals surface area contributed by atoms with Gasteiger partial charge in [-0.05, 0) is 24.3 Å². The van der Waals surface area contributed by atoms with Crippen molar-refractivity contribution in [2.75, 3.05) is 24.6 Å². The number of amides is 1. The molecule has 4 rings (SSSR count). The smallest absolute Gasteiger partial charge is 0.272 e. The summed E-state index contributed by atoms with van der Waals surface area (Å²) >= 11 is 0. The van der Waals surface area contributed by atoms with Crippen LogP contribution >= 0.6 is 0 Å². The van der Waals surface area contributed by atoms with Gasteiger partial charge < -0.3 is 4.90 Å². The van der Waals surface area contributed by atoms with Crippen LogP contribution in [-0.2, 0) is 16.4 Å². The third-order valence-corrected chi connectivity index (χ3v) is 6.73. The van der Waals surface area contributed by atoms with Gasteiger partial charge in [0.25, 0.3) is 5.91 Å². The van der Waals surface area contributed by atoms with Gasteiger partial charge in [-0.15, -0.1) is 0 Å². The summed E-state index contributed by atoms with van der Waals surface area (Å²) in [7, 11) is -3.18. The Kier molecular flexibility index (Phi) is 4.46. The zero-order valence-electron chi connectivity index (χ0n) is 14.2. The van der Waals surface area contributed by atoms with Crippen LogP contribution in [0.25, 0.3) is 0 Å². The molecule has 8 heteroatoms. The quantitative estimate of drug-likeness (QED) is 0.785. The molecule has 0 aromatic carbocycles. The number of fused-ring (bicyclic) bond motifs is 1. The molecular formula is C18H20N4O3S. The summed E-state index contributed by atoms with van der Waals surface area (Å²) in [5, 5.41) is 0. The molecule has 7 nitrogen and oxygen atoms in total. The number of carbonyl (C=O) groups excluding carboxylic acids is 1. The number of piperazine rings is 1. The minimum atomic E-state index is -3.18. The third-order valence-electron chi connectivity index (χ3n) is 5.03. The van der Waals surface area contributed by atoms with Gasteiger partial charge in [-0.2, -0.15) is 0 Å². The molecular weight excluding hydrogens is 352 g/mol. The van der Waals surface area contributed by atoms with Gasteiger partial charge in [0, 0.05) is 38.1 Å². The Balaban J connectivity index is 1.59. The average molecular weight is 372 g/mol. The number of carbonyl (C=O) groups is 1. The Labute approximate surface area is 152 Å². The van der Waals surface area contributed by atoms with Gasteiger partial charge in [0.1, 0.15) is 5.69 Å². The van der Waals surface area contributed by atoms with Crippen LogP contribution in [0.15, 0.2) is 48.8 Å². The molecule has 0 spiro atoms. The van der Waals surface area contributed by atoms with Gasteiger partial charge in [0.15, 0.2) is 9.84 Å². The van der Waals surface area contributed by atoms with Crippen molar-refractivity contribution in [1.82, 2.24) is 19.8 Å². The zero-order chi connectivity index (χ0) is 18.1. The molecule has 2 aromatic rings. The van der Waals surface area contributed by atoms with Gasteiger partial charge in [-0.1, -0.05) is 12.1 Å². The Morgan fingerprint density at radius 3 is 2.42 bits per heavy atom. The molecule has 2 unspecified atom stereocenters. The average Bonchev–Trinajstić information content (AvgIpc) is 2.98. The first-order valence-corrected chi connectivity index (χ1v) is 10.4. The standard InChI is InChI=1S/C18H20N4O3S/c23-18(15-6-2-4-8-20-15)22-10-9-21(11-14-5-1-3-7-19-14)16-12-26(24,25)13-17(16)22/h1-8,16-17H,9-13H2. The van der Waals surface area contributed by atoms with Gasteiger partial charge in [0.05, 0.1) is 23.2 Å². The van der Waals surface area contributed by atoms with Gasteiger partial charge in [0.2, 0.25) is 0 Å². The Morgan fingerprint density at radius 1 is 1.00 bits per heavy atom. The summed E-state index contributed by atoms with van der Waals surface area (Å²) < 4.78 is 24.6. The molecule has 26 heavy (non-hydrogen) atoms. The first-order chi connectivity index (χ1) is 12.5. The molecule has 0 bridgehead atoms. The largest absolute Gasteiger partial charge is 0.330 e. The second kappa shape index (κ2) is 6.77. The zero-order valence-corrected chi connectivity index (χ0v) is 15.0. The molecule has 2 saturated heterocycles. The van der Waals surface area contributed by atoms with Crippen molar-refractivity contribution in [2.45, 2.75) is 18.6 Å². The fourth-order valence-electron chi connectivity index (χ4n) is 3.81. The number of nitrogens with zero attached hydrogens (tertiary/aromatic N) is 4. The van der Waals surface area contributed by atoms with Gasteiger partial charge >= 0.3 is 0 Å². The van der Waals surface area contributed by atoms with Crippen LogP contribution in [0.2, 0.25) is 0 Å². The molecule has 1 amide bonds. The minimum absolute atomic E-state index is 0.00889. The van der Waals surface area contributed by atoms with Crippen LogP contribution in [0.1, 0.15) is 16.2 Å². The molecule has 0 aliphatic carbocycles. The Hall–Kier alpha value is -2.32. The lowest BCUT2D eigenvalue weighted by Gasteiger charge is -2.43. The van der Waals surface area contributed by atoms with Crippen LogP contribution in [0.3, 0.4) is 0 Å². The molecule has 2 aliphatic heterocycles. The predicted molar refractivity (Wildman–Crippen MR) is 96.2 cm³/mol. The number of hydrogen-bond donors (Lipinski definition) is 0. The van der Waals surface area contributed by atoms with Crippen LogP contribution in [0, 0.1) is 0 Å². The topological polar surface area (TPSA) is 83.5 Å². The van der Waals surface area contributed by atoms with E-state index < -0.39 is 9.84 Å². The fourth-order valence-corrected chi connectivity index (χ4v) is 5.82. The maximum atomic E-state index is 12.9. The maximum absolute atomic E-state index is 12.9. The monoisotopic (exact) mass is 372 g/mol. The summed E-state index contributed by atoms with van der Waals surface area (Å²) in [5.74, 6) is -0.110. The van der Waals surface area contributed by atoms with E-state index in [1.165, 1.54) is 0 Å². The molecule has 4 heterocycles. The Morgan fingerprint density at radius 2 is 1.73 bits per heavy atom. The highest BCUT2D eigenvalue weighted by Gasteiger charge is 2.48. The van der Waals surface area contributed by atoms with E-state index in [4.69, 9.17) is 0 Å². The van der Waals surface area contributed by atoms with Crippen LogP contribution in [0.4, 0.5) is 0 Å². The second-order valence-corrected chi connectivity index (χ2v) is 8.87. The maximum Gasteiger partial charge on any atom is 0.272 e. The number of hydrogen-bond acceptors (Lipinski definition) is 6. The molecule has 2 aliphatic rings. The van der Waals surface area contributed by atoms with Gasteiger partial charge in [-0.25, -0.2) is 8.42 Å². The van der Waals surface area contributed by atoms with Crippen molar-refractivity contribution in [2.24, 2.45) is 0 Å². The number of rotatable bonds is 3. The second-order valence-electron chi connectivity index (χ2n) is 6.72. The Bertz CT molecular complexity index is 889.